The molecule has 0 aromatic carbocycles. The number of thioether (sulfide) groups is 1. The number of hydrogen-bond acceptors (Lipinski definition) is 2. The van der Waals surface area contributed by atoms with E-state index in [9.17, 15) is 79.7 Å². The number of quaternary nitrogens is 1. The van der Waals surface area contributed by atoms with Crippen molar-refractivity contribution in [3.8, 4) is 0 Å². The smallest absolute Gasteiger partial charge is 0.386 e. The lowest BCUT2D eigenvalue weighted by atomic mass is 9.88. The Balaban J connectivity index is 6.00. The van der Waals surface area contributed by atoms with Gasteiger partial charge in [0.05, 0.1) is 21.1 Å². The SMILES string of the molecule is C[N+](C)(C)CC(O)CSCCC(F)(F)C(F)(F)C(F)(F)C(F)(F)C(F)(F)C(F)(F)C(F)(F)C(F)(F)F. The summed E-state index contributed by atoms with van der Waals surface area (Å²) >= 11 is 0.181. The molecule has 218 valence electrons. The average molecular weight is 596 g/mol. The highest BCUT2D eigenvalue weighted by atomic mass is 32.2. The molecule has 36 heavy (non-hydrogen) atoms. The molecule has 0 aromatic rings. The molecule has 0 radical (unpaired) electrons. The number of aliphatic hydroxyl groups excluding tert-OH is 1. The molecule has 1 unspecified atom stereocenters. The molecule has 1 atom stereocenters. The highest BCUT2D eigenvalue weighted by molar-refractivity contribution is 7.99. The fourth-order valence-electron chi connectivity index (χ4n) is 2.46. The first kappa shape index (κ1) is 35.1. The quantitative estimate of drug-likeness (QED) is 0.156. The first-order chi connectivity index (χ1) is 15.4. The molecule has 0 aliphatic rings. The van der Waals surface area contributed by atoms with E-state index < -0.39 is 71.7 Å². The second-order valence-corrected chi connectivity index (χ2v) is 9.75. The monoisotopic (exact) mass is 596 g/mol. The summed E-state index contributed by atoms with van der Waals surface area (Å²) in [6.07, 6.45) is -11.6. The molecule has 0 spiro atoms. The second-order valence-electron chi connectivity index (χ2n) is 8.60. The predicted molar refractivity (Wildman–Crippen MR) is 91.5 cm³/mol. The Hall–Kier alpha value is -0.920. The van der Waals surface area contributed by atoms with Crippen LogP contribution in [0.3, 0.4) is 0 Å². The van der Waals surface area contributed by atoms with Crippen LogP contribution < -0.4 is 0 Å². The van der Waals surface area contributed by atoms with E-state index in [-0.39, 0.29) is 22.8 Å². The number of likely N-dealkylation sites (N-methyl/N-ethyl adjacent to an activating group) is 1. The Morgan fingerprint density at radius 1 is 0.583 bits per heavy atom. The molecule has 0 aliphatic heterocycles. The van der Waals surface area contributed by atoms with Crippen molar-refractivity contribution >= 4 is 11.8 Å². The molecule has 1 N–H and O–H groups in total. The Labute approximate surface area is 196 Å². The van der Waals surface area contributed by atoms with E-state index in [1.54, 1.807) is 21.1 Å². The third kappa shape index (κ3) is 6.04. The fourth-order valence-corrected chi connectivity index (χ4v) is 3.40. The van der Waals surface area contributed by atoms with Crippen molar-refractivity contribution in [2.45, 2.75) is 60.2 Å². The van der Waals surface area contributed by atoms with Crippen molar-refractivity contribution in [3.05, 3.63) is 0 Å². The van der Waals surface area contributed by atoms with Gasteiger partial charge in [-0.2, -0.15) is 86.4 Å². The van der Waals surface area contributed by atoms with Crippen LogP contribution in [0.2, 0.25) is 0 Å². The van der Waals surface area contributed by atoms with E-state index in [0.29, 0.717) is 0 Å². The lowest BCUT2D eigenvalue weighted by molar-refractivity contribution is -0.873. The summed E-state index contributed by atoms with van der Waals surface area (Å²) in [5.74, 6) is -58.0. The minimum absolute atomic E-state index is 0.0459. The van der Waals surface area contributed by atoms with Gasteiger partial charge in [-0.15, -0.1) is 0 Å². The van der Waals surface area contributed by atoms with Gasteiger partial charge in [-0.05, 0) is 5.75 Å². The van der Waals surface area contributed by atoms with Crippen LogP contribution in [0.25, 0.3) is 0 Å². The van der Waals surface area contributed by atoms with Crippen molar-refractivity contribution in [3.63, 3.8) is 0 Å². The normalized spacial score (nSPS) is 16.9. The number of aliphatic hydroxyl groups is 1. The molecule has 20 heteroatoms. The minimum Gasteiger partial charge on any atom is -0.386 e. The Morgan fingerprint density at radius 3 is 1.25 bits per heavy atom. The third-order valence-electron chi connectivity index (χ3n) is 4.42. The Morgan fingerprint density at radius 2 is 0.917 bits per heavy atom. The molecule has 0 bridgehead atoms. The topological polar surface area (TPSA) is 20.2 Å². The van der Waals surface area contributed by atoms with E-state index in [4.69, 9.17) is 0 Å². The Bertz CT molecular complexity index is 744. The first-order valence-corrected chi connectivity index (χ1v) is 10.3. The van der Waals surface area contributed by atoms with E-state index in [1.807, 2.05) is 0 Å². The lowest BCUT2D eigenvalue weighted by Crippen LogP contribution is -2.74. The molecule has 2 nitrogen and oxygen atoms in total. The summed E-state index contributed by atoms with van der Waals surface area (Å²) in [5.41, 5.74) is 0. The largest absolute Gasteiger partial charge is 0.460 e. The zero-order valence-corrected chi connectivity index (χ0v) is 19.0. The van der Waals surface area contributed by atoms with Gasteiger partial charge in [-0.3, -0.25) is 0 Å². The number of alkyl halides is 17. The molecule has 0 rings (SSSR count). The highest BCUT2D eigenvalue weighted by Crippen LogP contribution is 2.64. The zero-order chi connectivity index (χ0) is 29.6. The number of hydrogen-bond donors (Lipinski definition) is 1. The molecule has 0 aromatic heterocycles. The van der Waals surface area contributed by atoms with Gasteiger partial charge in [0.1, 0.15) is 12.6 Å². The van der Waals surface area contributed by atoms with Crippen LogP contribution in [-0.2, 0) is 0 Å². The number of nitrogens with zero attached hydrogens (tertiary/aromatic N) is 1. The third-order valence-corrected chi connectivity index (χ3v) is 5.53. The molecule has 0 heterocycles. The molecule has 0 amide bonds. The van der Waals surface area contributed by atoms with Gasteiger partial charge in [0.2, 0.25) is 0 Å². The average Bonchev–Trinajstić information content (AvgIpc) is 2.61. The van der Waals surface area contributed by atoms with Crippen molar-refractivity contribution in [1.29, 1.82) is 0 Å². The van der Waals surface area contributed by atoms with Crippen molar-refractivity contribution in [2.75, 3.05) is 39.2 Å². The zero-order valence-electron chi connectivity index (χ0n) is 18.1. The standard InChI is InChI=1S/C16H19F17NOS/c1-34(2,3)6-8(35)7-36-5-4-9(17,18)10(19,20)11(21,22)12(23,24)13(25,26)14(27,28)15(29,30)16(31,32)33/h8,35H,4-7H2,1-3H3/q+1. The van der Waals surface area contributed by atoms with Crippen LogP contribution in [0.1, 0.15) is 6.42 Å². The summed E-state index contributed by atoms with van der Waals surface area (Å²) in [6.45, 7) is -0.0459. The van der Waals surface area contributed by atoms with Crippen LogP contribution >= 0.6 is 11.8 Å². The first-order valence-electron chi connectivity index (χ1n) is 9.13. The van der Waals surface area contributed by atoms with E-state index >= 15 is 0 Å². The molecule has 0 saturated heterocycles. The van der Waals surface area contributed by atoms with Crippen LogP contribution in [-0.4, -0.2) is 103 Å². The highest BCUT2D eigenvalue weighted by Gasteiger charge is 2.95. The fraction of sp³-hybridized carbons (Fsp3) is 1.00. The van der Waals surface area contributed by atoms with Gasteiger partial charge >= 0.3 is 47.6 Å². The second kappa shape index (κ2) is 10.00. The lowest BCUT2D eigenvalue weighted by Gasteiger charge is -2.42. The molecular weight excluding hydrogens is 577 g/mol. The van der Waals surface area contributed by atoms with E-state index in [1.165, 1.54) is 0 Å². The number of rotatable bonds is 13. The van der Waals surface area contributed by atoms with Gasteiger partial charge in [-0.1, -0.05) is 0 Å². The van der Waals surface area contributed by atoms with Gasteiger partial charge < -0.3 is 9.59 Å². The molecule has 0 saturated carbocycles. The van der Waals surface area contributed by atoms with Gasteiger partial charge in [0.25, 0.3) is 0 Å². The molecular formula is C16H19F17NOS+. The van der Waals surface area contributed by atoms with E-state index in [0.717, 1.165) is 0 Å². The van der Waals surface area contributed by atoms with Gasteiger partial charge in [0, 0.05) is 12.2 Å². The number of halogens is 17. The maximum atomic E-state index is 13.7. The van der Waals surface area contributed by atoms with Crippen LogP contribution in [0, 0.1) is 0 Å². The summed E-state index contributed by atoms with van der Waals surface area (Å²) in [4.78, 5) is 0. The molecule has 0 aliphatic carbocycles. The maximum Gasteiger partial charge on any atom is 0.460 e. The van der Waals surface area contributed by atoms with Crippen LogP contribution in [0.4, 0.5) is 74.6 Å². The van der Waals surface area contributed by atoms with Gasteiger partial charge in [0.15, 0.2) is 0 Å². The predicted octanol–water partition coefficient (Wildman–Crippen LogP) is 6.19. The van der Waals surface area contributed by atoms with Crippen molar-refractivity contribution < 1.29 is 84.2 Å². The summed E-state index contributed by atoms with van der Waals surface area (Å²) < 4.78 is 224. The van der Waals surface area contributed by atoms with Crippen molar-refractivity contribution in [2.24, 2.45) is 0 Å². The summed E-state index contributed by atoms with van der Waals surface area (Å²) in [5, 5.41) is 9.61. The summed E-state index contributed by atoms with van der Waals surface area (Å²) in [7, 11) is 4.65. The van der Waals surface area contributed by atoms with E-state index in [2.05, 4.69) is 0 Å². The minimum atomic E-state index is -8.62. The van der Waals surface area contributed by atoms with Crippen molar-refractivity contribution in [1.82, 2.24) is 0 Å². The Kier molecular flexibility index (Phi) is 9.74. The molecule has 0 fully saturated rings. The van der Waals surface area contributed by atoms with Gasteiger partial charge in [-0.25, -0.2) is 0 Å². The van der Waals surface area contributed by atoms with Crippen LogP contribution in [0.15, 0.2) is 0 Å². The maximum absolute atomic E-state index is 13.7. The summed E-state index contributed by atoms with van der Waals surface area (Å²) in [6, 6.07) is 0. The van der Waals surface area contributed by atoms with Crippen LogP contribution in [0.5, 0.6) is 0 Å².